The third-order valence-electron chi connectivity index (χ3n) is 18.1. The van der Waals surface area contributed by atoms with Crippen LogP contribution in [-0.4, -0.2) is 69.7 Å². The van der Waals surface area contributed by atoms with Crippen molar-refractivity contribution in [1.29, 1.82) is 0 Å². The van der Waals surface area contributed by atoms with Gasteiger partial charge in [-0.3, -0.25) is 19.2 Å². The van der Waals surface area contributed by atoms with E-state index in [4.69, 9.17) is 18.9 Å². The molecule has 10 heteroatoms. The van der Waals surface area contributed by atoms with Gasteiger partial charge in [-0.25, -0.2) is 0 Å². The van der Waals surface area contributed by atoms with E-state index >= 15 is 0 Å². The number of esters is 4. The van der Waals surface area contributed by atoms with E-state index < -0.39 is 24.0 Å². The lowest BCUT2D eigenvalue weighted by molar-refractivity contribution is -0.217. The second kappa shape index (κ2) is 10.7. The molecular formula is C41H54O10. The number of fused-ring (bicyclic) bond motifs is 2. The summed E-state index contributed by atoms with van der Waals surface area (Å²) in [6.07, 6.45) is 12.4. The van der Waals surface area contributed by atoms with Gasteiger partial charge in [0.15, 0.2) is 0 Å². The van der Waals surface area contributed by atoms with Gasteiger partial charge >= 0.3 is 23.9 Å². The molecule has 0 aromatic heterocycles. The molecule has 2 aliphatic heterocycles. The number of rotatable bonds is 5. The molecule has 0 aromatic rings. The van der Waals surface area contributed by atoms with Crippen LogP contribution in [0.5, 0.6) is 0 Å². The van der Waals surface area contributed by atoms with Crippen molar-refractivity contribution < 1.29 is 48.3 Å². The molecule has 12 bridgehead atoms. The van der Waals surface area contributed by atoms with Gasteiger partial charge in [0.1, 0.15) is 23.4 Å². The molecule has 0 amide bonds. The number of aliphatic hydroxyl groups excluding tert-OH is 2. The molecule has 14 aliphatic rings. The van der Waals surface area contributed by atoms with Crippen molar-refractivity contribution in [3.05, 3.63) is 0 Å². The Kier molecular flexibility index (Phi) is 6.78. The van der Waals surface area contributed by atoms with Crippen LogP contribution in [0.15, 0.2) is 0 Å². The molecule has 0 aromatic carbocycles. The topological polar surface area (TPSA) is 146 Å². The summed E-state index contributed by atoms with van der Waals surface area (Å²) >= 11 is 0. The minimum atomic E-state index is -0.698. The van der Waals surface area contributed by atoms with E-state index in [2.05, 4.69) is 13.8 Å². The Morgan fingerprint density at radius 3 is 1.41 bits per heavy atom. The fourth-order valence-corrected chi connectivity index (χ4v) is 16.3. The van der Waals surface area contributed by atoms with Crippen LogP contribution in [0.4, 0.5) is 0 Å². The first-order valence-electron chi connectivity index (χ1n) is 20.7. The maximum atomic E-state index is 13.3. The van der Waals surface area contributed by atoms with Crippen molar-refractivity contribution in [3.63, 3.8) is 0 Å². The number of aliphatic hydroxyl groups is 2. The summed E-state index contributed by atoms with van der Waals surface area (Å²) in [5.74, 6) is 2.06. The molecule has 0 radical (unpaired) electrons. The van der Waals surface area contributed by atoms with Crippen LogP contribution in [-0.2, 0) is 38.1 Å². The Bertz CT molecular complexity index is 1500. The zero-order valence-electron chi connectivity index (χ0n) is 29.9. The van der Waals surface area contributed by atoms with Gasteiger partial charge < -0.3 is 29.2 Å². The van der Waals surface area contributed by atoms with Crippen molar-refractivity contribution >= 4 is 23.9 Å². The fraction of sp³-hybridized carbons (Fsp3) is 0.902. The Hall–Kier alpha value is -2.20. The van der Waals surface area contributed by atoms with Crippen LogP contribution < -0.4 is 0 Å². The summed E-state index contributed by atoms with van der Waals surface area (Å²) in [4.78, 5) is 51.0. The number of hydrogen-bond acceptors (Lipinski definition) is 10. The summed E-state index contributed by atoms with van der Waals surface area (Å²) in [6.45, 7) is 4.29. The number of carbonyl (C=O) groups excluding carboxylic acids is 4. The molecule has 2 saturated heterocycles. The van der Waals surface area contributed by atoms with Crippen LogP contribution in [0.3, 0.4) is 0 Å². The number of ether oxygens (including phenoxy) is 4. The molecule has 12 aliphatic carbocycles. The van der Waals surface area contributed by atoms with Crippen molar-refractivity contribution in [2.24, 2.45) is 94.7 Å². The molecule has 278 valence electrons. The second-order valence-corrected chi connectivity index (χ2v) is 20.0. The second-order valence-electron chi connectivity index (χ2n) is 20.0. The van der Waals surface area contributed by atoms with Gasteiger partial charge in [-0.05, 0) is 138 Å². The number of hydrogen-bond donors (Lipinski definition) is 2. The summed E-state index contributed by atoms with van der Waals surface area (Å²) in [6, 6.07) is 0. The summed E-state index contributed by atoms with van der Waals surface area (Å²) in [5, 5.41) is 20.9. The normalized spacial score (nSPS) is 59.2. The van der Waals surface area contributed by atoms with E-state index in [1.54, 1.807) is 0 Å². The predicted octanol–water partition coefficient (Wildman–Crippen LogP) is 4.22. The van der Waals surface area contributed by atoms with Gasteiger partial charge in [0.05, 0.1) is 35.9 Å². The molecule has 12 atom stereocenters. The SMILES string of the molecule is CC1(OC(=O)C2C3CC4C(OC(=O)C42)C3O)C2CC3CC(C2)CC1C3.CCC1(OC(=O)C2C3CC4C(OC(=O)C42)C3O)C2CC3CC(C2)CC1C3. The Labute approximate surface area is 299 Å². The van der Waals surface area contributed by atoms with Crippen molar-refractivity contribution in [3.8, 4) is 0 Å². The first kappa shape index (κ1) is 32.2. The van der Waals surface area contributed by atoms with Crippen LogP contribution in [0.2, 0.25) is 0 Å². The lowest BCUT2D eigenvalue weighted by Gasteiger charge is -2.60. The zero-order valence-corrected chi connectivity index (χ0v) is 29.9. The van der Waals surface area contributed by atoms with E-state index in [1.165, 1.54) is 64.2 Å². The first-order chi connectivity index (χ1) is 24.5. The van der Waals surface area contributed by atoms with Gasteiger partial charge in [-0.2, -0.15) is 0 Å². The van der Waals surface area contributed by atoms with Crippen molar-refractivity contribution in [1.82, 2.24) is 0 Å². The minimum absolute atomic E-state index is 0.0103. The van der Waals surface area contributed by atoms with E-state index in [-0.39, 0.29) is 82.8 Å². The highest BCUT2D eigenvalue weighted by molar-refractivity contribution is 5.87. The Morgan fingerprint density at radius 1 is 0.608 bits per heavy atom. The van der Waals surface area contributed by atoms with Crippen LogP contribution in [0.25, 0.3) is 0 Å². The third-order valence-corrected chi connectivity index (χ3v) is 18.1. The molecule has 14 rings (SSSR count). The van der Waals surface area contributed by atoms with Gasteiger partial charge in [-0.1, -0.05) is 6.92 Å². The summed E-state index contributed by atoms with van der Waals surface area (Å²) in [5.41, 5.74) is -0.710. The van der Waals surface area contributed by atoms with Crippen LogP contribution in [0.1, 0.15) is 97.3 Å². The molecule has 12 unspecified atom stereocenters. The third kappa shape index (κ3) is 4.18. The van der Waals surface area contributed by atoms with Crippen molar-refractivity contribution in [2.75, 3.05) is 0 Å². The Morgan fingerprint density at radius 2 is 1.00 bits per heavy atom. The first-order valence-corrected chi connectivity index (χ1v) is 20.7. The standard InChI is InChI=1S/C21H28O5.C20H26O5/c1-2-21(11-4-9-3-10(6-11)7-12(21)5-9)26-20(24)15-13-8-14-16(15)19(23)25-18(14)17(13)22;1-20(10-3-8-2-9(5-10)6-11(20)4-8)25-19(23)14-12-7-13-15(14)18(22)24-17(13)16(12)21/h9-18,22H,2-8H2,1H3;8-17,21H,2-7H2,1H3. The maximum absolute atomic E-state index is 13.3. The molecule has 12 saturated carbocycles. The smallest absolute Gasteiger partial charge is 0.310 e. The zero-order chi connectivity index (χ0) is 34.9. The van der Waals surface area contributed by atoms with Gasteiger partial charge in [-0.15, -0.1) is 0 Å². The van der Waals surface area contributed by atoms with Crippen LogP contribution in [0, 0.1) is 94.7 Å². The monoisotopic (exact) mass is 706 g/mol. The van der Waals surface area contributed by atoms with E-state index in [9.17, 15) is 29.4 Å². The average molecular weight is 707 g/mol. The van der Waals surface area contributed by atoms with Crippen LogP contribution >= 0.6 is 0 Å². The number of carbonyl (C=O) groups is 4. The summed E-state index contributed by atoms with van der Waals surface area (Å²) < 4.78 is 23.3. The molecule has 10 nitrogen and oxygen atoms in total. The molecule has 0 spiro atoms. The van der Waals surface area contributed by atoms with E-state index in [0.29, 0.717) is 23.7 Å². The molecular weight excluding hydrogens is 652 g/mol. The lowest BCUT2D eigenvalue weighted by atomic mass is 9.49. The molecule has 2 heterocycles. The molecule has 2 N–H and O–H groups in total. The summed E-state index contributed by atoms with van der Waals surface area (Å²) in [7, 11) is 0. The fourth-order valence-electron chi connectivity index (χ4n) is 16.3. The van der Waals surface area contributed by atoms with Gasteiger partial charge in [0.2, 0.25) is 0 Å². The molecule has 51 heavy (non-hydrogen) atoms. The average Bonchev–Trinajstić information content (AvgIpc) is 3.90. The predicted molar refractivity (Wildman–Crippen MR) is 177 cm³/mol. The minimum Gasteiger partial charge on any atom is -0.459 e. The van der Waals surface area contributed by atoms with Crippen molar-refractivity contribution in [2.45, 2.75) is 133 Å². The lowest BCUT2D eigenvalue weighted by Crippen LogP contribution is -2.60. The maximum Gasteiger partial charge on any atom is 0.310 e. The van der Waals surface area contributed by atoms with E-state index in [0.717, 1.165) is 42.9 Å². The quantitative estimate of drug-likeness (QED) is 0.315. The molecule has 14 fully saturated rings. The highest BCUT2D eigenvalue weighted by atomic mass is 16.6. The Balaban J connectivity index is 0.000000122. The van der Waals surface area contributed by atoms with Gasteiger partial charge in [0, 0.05) is 23.7 Å². The van der Waals surface area contributed by atoms with Gasteiger partial charge in [0.25, 0.3) is 0 Å². The van der Waals surface area contributed by atoms with E-state index in [1.807, 2.05) is 0 Å². The largest absolute Gasteiger partial charge is 0.459 e. The highest BCUT2D eigenvalue weighted by Gasteiger charge is 2.71. The highest BCUT2D eigenvalue weighted by Crippen LogP contribution is 2.64.